The van der Waals surface area contributed by atoms with E-state index in [1.807, 2.05) is 36.4 Å². The SMILES string of the molecule is CC(=O)Oc1cccc(-c2cccc3ccccc23)c1. The van der Waals surface area contributed by atoms with Crippen molar-refractivity contribution in [1.29, 1.82) is 0 Å². The predicted molar refractivity (Wildman–Crippen MR) is 80.7 cm³/mol. The van der Waals surface area contributed by atoms with Gasteiger partial charge in [-0.15, -0.1) is 0 Å². The Bertz CT molecular complexity index is 770. The maximum atomic E-state index is 11.1. The number of fused-ring (bicyclic) bond motifs is 1. The van der Waals surface area contributed by atoms with Gasteiger partial charge in [0.25, 0.3) is 0 Å². The molecule has 0 amide bonds. The first-order chi connectivity index (χ1) is 9.74. The molecule has 0 aliphatic carbocycles. The van der Waals surface area contributed by atoms with Crippen LogP contribution in [0.5, 0.6) is 5.75 Å². The maximum absolute atomic E-state index is 11.1. The Morgan fingerprint density at radius 1 is 0.900 bits per heavy atom. The monoisotopic (exact) mass is 262 g/mol. The van der Waals surface area contributed by atoms with Crippen molar-refractivity contribution >= 4 is 16.7 Å². The molecule has 3 rings (SSSR count). The fraction of sp³-hybridized carbons (Fsp3) is 0.0556. The van der Waals surface area contributed by atoms with Gasteiger partial charge in [-0.25, -0.2) is 0 Å². The lowest BCUT2D eigenvalue weighted by atomic mass is 9.98. The van der Waals surface area contributed by atoms with Crippen LogP contribution in [0.3, 0.4) is 0 Å². The van der Waals surface area contributed by atoms with Gasteiger partial charge in [0.1, 0.15) is 5.75 Å². The molecule has 0 radical (unpaired) electrons. The Morgan fingerprint density at radius 2 is 1.65 bits per heavy atom. The Labute approximate surface area is 117 Å². The summed E-state index contributed by atoms with van der Waals surface area (Å²) in [7, 11) is 0. The molecule has 0 saturated carbocycles. The molecule has 0 aliphatic heterocycles. The second kappa shape index (κ2) is 5.17. The Hall–Kier alpha value is -2.61. The highest BCUT2D eigenvalue weighted by molar-refractivity contribution is 5.96. The maximum Gasteiger partial charge on any atom is 0.308 e. The van der Waals surface area contributed by atoms with Crippen molar-refractivity contribution in [2.24, 2.45) is 0 Å². The summed E-state index contributed by atoms with van der Waals surface area (Å²) >= 11 is 0. The minimum atomic E-state index is -0.305. The minimum Gasteiger partial charge on any atom is -0.427 e. The van der Waals surface area contributed by atoms with Crippen LogP contribution < -0.4 is 4.74 Å². The van der Waals surface area contributed by atoms with Crippen molar-refractivity contribution in [1.82, 2.24) is 0 Å². The average molecular weight is 262 g/mol. The molecule has 0 spiro atoms. The van der Waals surface area contributed by atoms with E-state index in [4.69, 9.17) is 4.74 Å². The van der Waals surface area contributed by atoms with Gasteiger partial charge in [-0.3, -0.25) is 4.79 Å². The van der Waals surface area contributed by atoms with Crippen molar-refractivity contribution in [3.63, 3.8) is 0 Å². The summed E-state index contributed by atoms with van der Waals surface area (Å²) in [6.07, 6.45) is 0. The summed E-state index contributed by atoms with van der Waals surface area (Å²) < 4.78 is 5.15. The van der Waals surface area contributed by atoms with Gasteiger partial charge < -0.3 is 4.74 Å². The summed E-state index contributed by atoms with van der Waals surface area (Å²) in [6.45, 7) is 1.41. The molecule has 0 fully saturated rings. The van der Waals surface area contributed by atoms with Gasteiger partial charge in [-0.1, -0.05) is 54.6 Å². The van der Waals surface area contributed by atoms with Gasteiger partial charge in [0.2, 0.25) is 0 Å². The van der Waals surface area contributed by atoms with E-state index in [0.717, 1.165) is 11.1 Å². The number of ether oxygens (including phenoxy) is 1. The molecule has 3 aromatic carbocycles. The Kier molecular flexibility index (Phi) is 3.21. The predicted octanol–water partition coefficient (Wildman–Crippen LogP) is 4.43. The Morgan fingerprint density at radius 3 is 2.50 bits per heavy atom. The molecule has 0 N–H and O–H groups in total. The van der Waals surface area contributed by atoms with Gasteiger partial charge in [0, 0.05) is 6.92 Å². The highest BCUT2D eigenvalue weighted by Crippen LogP contribution is 2.30. The van der Waals surface area contributed by atoms with Gasteiger partial charge in [0.15, 0.2) is 0 Å². The Balaban J connectivity index is 2.13. The largest absolute Gasteiger partial charge is 0.427 e. The van der Waals surface area contributed by atoms with Crippen molar-refractivity contribution < 1.29 is 9.53 Å². The van der Waals surface area contributed by atoms with Crippen LogP contribution in [0, 0.1) is 0 Å². The van der Waals surface area contributed by atoms with E-state index in [2.05, 4.69) is 24.3 Å². The molecule has 20 heavy (non-hydrogen) atoms. The second-order valence-corrected chi connectivity index (χ2v) is 4.65. The summed E-state index contributed by atoms with van der Waals surface area (Å²) in [5.41, 5.74) is 2.18. The molecule has 3 aromatic rings. The molecule has 0 aliphatic rings. The first-order valence-electron chi connectivity index (χ1n) is 6.51. The van der Waals surface area contributed by atoms with E-state index in [0.29, 0.717) is 5.75 Å². The van der Waals surface area contributed by atoms with E-state index < -0.39 is 0 Å². The van der Waals surface area contributed by atoms with Crippen LogP contribution in [0.25, 0.3) is 21.9 Å². The first-order valence-corrected chi connectivity index (χ1v) is 6.51. The number of hydrogen-bond acceptors (Lipinski definition) is 2. The number of carbonyl (C=O) groups is 1. The topological polar surface area (TPSA) is 26.3 Å². The summed E-state index contributed by atoms with van der Waals surface area (Å²) in [4.78, 5) is 11.1. The van der Waals surface area contributed by atoms with Gasteiger partial charge in [0.05, 0.1) is 0 Å². The summed E-state index contributed by atoms with van der Waals surface area (Å²) in [6, 6.07) is 22.1. The third-order valence-electron chi connectivity index (χ3n) is 3.20. The van der Waals surface area contributed by atoms with Crippen LogP contribution in [-0.4, -0.2) is 5.97 Å². The number of rotatable bonds is 2. The lowest BCUT2D eigenvalue weighted by Crippen LogP contribution is -2.01. The minimum absolute atomic E-state index is 0.305. The fourth-order valence-electron chi connectivity index (χ4n) is 2.37. The molecule has 0 heterocycles. The zero-order chi connectivity index (χ0) is 13.9. The highest BCUT2D eigenvalue weighted by Gasteiger charge is 2.05. The third-order valence-corrected chi connectivity index (χ3v) is 3.20. The van der Waals surface area contributed by atoms with E-state index in [9.17, 15) is 4.79 Å². The normalized spacial score (nSPS) is 10.4. The van der Waals surface area contributed by atoms with Crippen LogP contribution in [0.1, 0.15) is 6.92 Å². The average Bonchev–Trinajstić information content (AvgIpc) is 2.46. The number of hydrogen-bond donors (Lipinski definition) is 0. The van der Waals surface area contributed by atoms with E-state index >= 15 is 0 Å². The van der Waals surface area contributed by atoms with Crippen molar-refractivity contribution in [3.05, 3.63) is 66.7 Å². The lowest BCUT2D eigenvalue weighted by molar-refractivity contribution is -0.131. The van der Waals surface area contributed by atoms with Gasteiger partial charge in [-0.05, 0) is 34.0 Å². The summed E-state index contributed by atoms with van der Waals surface area (Å²) in [5, 5.41) is 2.39. The number of carbonyl (C=O) groups excluding carboxylic acids is 1. The van der Waals surface area contributed by atoms with Crippen LogP contribution in [0.2, 0.25) is 0 Å². The molecular formula is C18H14O2. The smallest absolute Gasteiger partial charge is 0.308 e. The quantitative estimate of drug-likeness (QED) is 0.504. The molecule has 2 heteroatoms. The molecule has 2 nitrogen and oxygen atoms in total. The van der Waals surface area contributed by atoms with Crippen LogP contribution >= 0.6 is 0 Å². The van der Waals surface area contributed by atoms with Gasteiger partial charge in [-0.2, -0.15) is 0 Å². The first kappa shape index (κ1) is 12.4. The second-order valence-electron chi connectivity index (χ2n) is 4.65. The lowest BCUT2D eigenvalue weighted by Gasteiger charge is -2.08. The van der Waals surface area contributed by atoms with Gasteiger partial charge >= 0.3 is 5.97 Å². The zero-order valence-electron chi connectivity index (χ0n) is 11.2. The number of benzene rings is 3. The molecule has 0 unspecified atom stereocenters. The number of esters is 1. The van der Waals surface area contributed by atoms with E-state index in [1.165, 1.54) is 17.7 Å². The van der Waals surface area contributed by atoms with E-state index in [1.54, 1.807) is 6.07 Å². The van der Waals surface area contributed by atoms with E-state index in [-0.39, 0.29) is 5.97 Å². The summed E-state index contributed by atoms with van der Waals surface area (Å²) in [5.74, 6) is 0.267. The van der Waals surface area contributed by atoms with Crippen LogP contribution in [0.15, 0.2) is 66.7 Å². The highest BCUT2D eigenvalue weighted by atomic mass is 16.5. The standard InChI is InChI=1S/C18H14O2/c1-13(19)20-16-9-4-8-15(12-16)18-11-5-7-14-6-2-3-10-17(14)18/h2-12H,1H3. The van der Waals surface area contributed by atoms with Crippen molar-refractivity contribution in [2.75, 3.05) is 0 Å². The zero-order valence-corrected chi connectivity index (χ0v) is 11.2. The molecule has 0 aromatic heterocycles. The molecule has 0 atom stereocenters. The fourth-order valence-corrected chi connectivity index (χ4v) is 2.37. The van der Waals surface area contributed by atoms with Crippen LogP contribution in [0.4, 0.5) is 0 Å². The molecule has 0 saturated heterocycles. The van der Waals surface area contributed by atoms with Crippen molar-refractivity contribution in [3.8, 4) is 16.9 Å². The molecule has 98 valence electrons. The molecule has 0 bridgehead atoms. The molecular weight excluding hydrogens is 248 g/mol. The van der Waals surface area contributed by atoms with Crippen LogP contribution in [-0.2, 0) is 4.79 Å². The third kappa shape index (κ3) is 2.41. The van der Waals surface area contributed by atoms with Crippen molar-refractivity contribution in [2.45, 2.75) is 6.92 Å².